The minimum Gasteiger partial charge on any atom is -0.339 e. The molecule has 20 heavy (non-hydrogen) atoms. The van der Waals surface area contributed by atoms with E-state index in [1.165, 1.54) is 12.1 Å². The number of nitro groups is 1. The highest BCUT2D eigenvalue weighted by Gasteiger charge is 2.24. The summed E-state index contributed by atoms with van der Waals surface area (Å²) in [7, 11) is 0. The molecule has 2 rings (SSSR count). The van der Waals surface area contributed by atoms with Gasteiger partial charge in [-0.15, -0.1) is 0 Å². The van der Waals surface area contributed by atoms with Gasteiger partial charge < -0.3 is 4.90 Å². The van der Waals surface area contributed by atoms with Crippen LogP contribution in [0.4, 0.5) is 5.00 Å². The van der Waals surface area contributed by atoms with Crippen LogP contribution in [-0.4, -0.2) is 28.8 Å². The number of rotatable bonds is 3. The highest BCUT2D eigenvalue weighted by molar-refractivity contribution is 7.16. The summed E-state index contributed by atoms with van der Waals surface area (Å²) in [6, 6.07) is 3.12. The van der Waals surface area contributed by atoms with Gasteiger partial charge in [0.1, 0.15) is 0 Å². The van der Waals surface area contributed by atoms with Gasteiger partial charge >= 0.3 is 5.00 Å². The van der Waals surface area contributed by atoms with E-state index < -0.39 is 4.92 Å². The Hall–Kier alpha value is -1.69. The van der Waals surface area contributed by atoms with E-state index in [9.17, 15) is 14.9 Å². The molecule has 1 saturated heterocycles. The second-order valence-electron chi connectivity index (χ2n) is 5.46. The standard InChI is InChI=1S/C14H18N2O3S/c1-10-7-11(2)9-15(8-10)13(17)5-3-12-4-6-14(20-12)16(18)19/h3-6,10-11H,7-9H2,1-2H3. The molecule has 0 bridgehead atoms. The Balaban J connectivity index is 1.99. The molecule has 1 aliphatic rings. The maximum Gasteiger partial charge on any atom is 0.324 e. The molecule has 0 radical (unpaired) electrons. The maximum atomic E-state index is 12.1. The molecule has 1 amide bonds. The maximum absolute atomic E-state index is 12.1. The number of thiophene rings is 1. The number of hydrogen-bond acceptors (Lipinski definition) is 4. The smallest absolute Gasteiger partial charge is 0.324 e. The molecule has 1 aromatic rings. The van der Waals surface area contributed by atoms with Gasteiger partial charge in [-0.05, 0) is 30.4 Å². The molecule has 0 N–H and O–H groups in total. The number of hydrogen-bond donors (Lipinski definition) is 0. The summed E-state index contributed by atoms with van der Waals surface area (Å²) < 4.78 is 0. The average molecular weight is 294 g/mol. The third-order valence-corrected chi connectivity index (χ3v) is 4.37. The Morgan fingerprint density at radius 3 is 2.60 bits per heavy atom. The lowest BCUT2D eigenvalue weighted by Gasteiger charge is -2.34. The first-order valence-corrected chi connectivity index (χ1v) is 7.48. The van der Waals surface area contributed by atoms with Crippen LogP contribution in [0.1, 0.15) is 25.1 Å². The number of amides is 1. The zero-order valence-corrected chi connectivity index (χ0v) is 12.4. The first-order chi connectivity index (χ1) is 9.45. The first-order valence-electron chi connectivity index (χ1n) is 6.67. The molecule has 1 fully saturated rings. The van der Waals surface area contributed by atoms with Gasteiger partial charge in [0.05, 0.1) is 4.92 Å². The van der Waals surface area contributed by atoms with E-state index in [2.05, 4.69) is 13.8 Å². The van der Waals surface area contributed by atoms with E-state index in [0.29, 0.717) is 11.8 Å². The van der Waals surface area contributed by atoms with Crippen LogP contribution in [0, 0.1) is 22.0 Å². The summed E-state index contributed by atoms with van der Waals surface area (Å²) in [5.41, 5.74) is 0. The topological polar surface area (TPSA) is 63.5 Å². The monoisotopic (exact) mass is 294 g/mol. The van der Waals surface area contributed by atoms with Gasteiger partial charge in [-0.2, -0.15) is 0 Å². The fourth-order valence-electron chi connectivity index (χ4n) is 2.63. The van der Waals surface area contributed by atoms with E-state index >= 15 is 0 Å². The number of piperidine rings is 1. The van der Waals surface area contributed by atoms with Crippen molar-refractivity contribution in [2.24, 2.45) is 11.8 Å². The van der Waals surface area contributed by atoms with E-state index in [4.69, 9.17) is 0 Å². The number of carbonyl (C=O) groups excluding carboxylic acids is 1. The van der Waals surface area contributed by atoms with Crippen molar-refractivity contribution < 1.29 is 9.72 Å². The van der Waals surface area contributed by atoms with Crippen LogP contribution >= 0.6 is 11.3 Å². The van der Waals surface area contributed by atoms with Gasteiger partial charge in [0.2, 0.25) is 5.91 Å². The van der Waals surface area contributed by atoms with E-state index in [0.717, 1.165) is 35.7 Å². The Morgan fingerprint density at radius 2 is 2.05 bits per heavy atom. The van der Waals surface area contributed by atoms with Gasteiger partial charge in [0, 0.05) is 30.1 Å². The molecular formula is C14H18N2O3S. The van der Waals surface area contributed by atoms with Crippen LogP contribution in [0.2, 0.25) is 0 Å². The Morgan fingerprint density at radius 1 is 1.40 bits per heavy atom. The van der Waals surface area contributed by atoms with Crippen LogP contribution in [0.15, 0.2) is 18.2 Å². The molecule has 2 heterocycles. The van der Waals surface area contributed by atoms with Crippen LogP contribution in [0.25, 0.3) is 6.08 Å². The normalized spacial score (nSPS) is 23.2. The van der Waals surface area contributed by atoms with E-state index in [1.54, 1.807) is 12.1 Å². The number of carbonyl (C=O) groups is 1. The van der Waals surface area contributed by atoms with Crippen molar-refractivity contribution in [1.82, 2.24) is 4.90 Å². The van der Waals surface area contributed by atoms with Crippen LogP contribution in [0.5, 0.6) is 0 Å². The van der Waals surface area contributed by atoms with Gasteiger partial charge in [0.25, 0.3) is 0 Å². The zero-order valence-electron chi connectivity index (χ0n) is 11.6. The lowest BCUT2D eigenvalue weighted by Crippen LogP contribution is -2.41. The molecule has 0 spiro atoms. The lowest BCUT2D eigenvalue weighted by atomic mass is 9.92. The Bertz CT molecular complexity index is 528. The van der Waals surface area contributed by atoms with Crippen molar-refractivity contribution in [3.05, 3.63) is 33.2 Å². The Kier molecular flexibility index (Phi) is 4.54. The van der Waals surface area contributed by atoms with Gasteiger partial charge in [0.15, 0.2) is 0 Å². The summed E-state index contributed by atoms with van der Waals surface area (Å²) in [4.78, 5) is 24.9. The van der Waals surface area contributed by atoms with E-state index in [1.807, 2.05) is 4.90 Å². The zero-order chi connectivity index (χ0) is 14.7. The molecule has 6 heteroatoms. The first kappa shape index (κ1) is 14.7. The van der Waals surface area contributed by atoms with Crippen LogP contribution in [0.3, 0.4) is 0 Å². The van der Waals surface area contributed by atoms with Crippen LogP contribution < -0.4 is 0 Å². The third-order valence-electron chi connectivity index (χ3n) is 3.36. The van der Waals surface area contributed by atoms with Gasteiger partial charge in [-0.3, -0.25) is 14.9 Å². The van der Waals surface area contributed by atoms with Crippen molar-refractivity contribution in [3.63, 3.8) is 0 Å². The lowest BCUT2D eigenvalue weighted by molar-refractivity contribution is -0.380. The molecule has 0 aliphatic carbocycles. The number of likely N-dealkylation sites (tertiary alicyclic amines) is 1. The van der Waals surface area contributed by atoms with Crippen molar-refractivity contribution in [1.29, 1.82) is 0 Å². The van der Waals surface area contributed by atoms with Gasteiger partial charge in [-0.1, -0.05) is 25.2 Å². The van der Waals surface area contributed by atoms with Crippen molar-refractivity contribution in [2.75, 3.05) is 13.1 Å². The summed E-state index contributed by atoms with van der Waals surface area (Å²) in [6.45, 7) is 5.89. The molecule has 108 valence electrons. The molecule has 2 unspecified atom stereocenters. The molecule has 0 saturated carbocycles. The average Bonchev–Trinajstić information content (AvgIpc) is 2.83. The quantitative estimate of drug-likeness (QED) is 0.488. The molecule has 2 atom stereocenters. The molecule has 1 aromatic heterocycles. The SMILES string of the molecule is CC1CC(C)CN(C(=O)C=Cc2ccc([N+](=O)[O-])s2)C1. The minimum atomic E-state index is -0.419. The molecule has 0 aromatic carbocycles. The highest BCUT2D eigenvalue weighted by Crippen LogP contribution is 2.25. The van der Waals surface area contributed by atoms with Crippen molar-refractivity contribution in [3.8, 4) is 0 Å². The van der Waals surface area contributed by atoms with Crippen LogP contribution in [-0.2, 0) is 4.79 Å². The fourth-order valence-corrected chi connectivity index (χ4v) is 3.36. The summed E-state index contributed by atoms with van der Waals surface area (Å²) in [5.74, 6) is 1.04. The van der Waals surface area contributed by atoms with Crippen molar-refractivity contribution in [2.45, 2.75) is 20.3 Å². The second-order valence-corrected chi connectivity index (χ2v) is 6.55. The molecular weight excluding hydrogens is 276 g/mol. The summed E-state index contributed by atoms with van der Waals surface area (Å²) in [6.07, 6.45) is 4.33. The summed E-state index contributed by atoms with van der Waals surface area (Å²) >= 11 is 1.07. The molecule has 5 nitrogen and oxygen atoms in total. The Labute approximate surface area is 122 Å². The van der Waals surface area contributed by atoms with Gasteiger partial charge in [-0.25, -0.2) is 0 Å². The predicted molar refractivity (Wildman–Crippen MR) is 79.5 cm³/mol. The van der Waals surface area contributed by atoms with Crippen molar-refractivity contribution >= 4 is 28.3 Å². The predicted octanol–water partition coefficient (Wildman–Crippen LogP) is 3.17. The summed E-state index contributed by atoms with van der Waals surface area (Å²) in [5, 5.41) is 10.7. The minimum absolute atomic E-state index is 0.0144. The van der Waals surface area contributed by atoms with E-state index in [-0.39, 0.29) is 10.9 Å². The second kappa shape index (κ2) is 6.17. The number of nitrogens with zero attached hydrogens (tertiary/aromatic N) is 2. The third kappa shape index (κ3) is 3.66. The highest BCUT2D eigenvalue weighted by atomic mass is 32.1. The molecule has 1 aliphatic heterocycles. The fraction of sp³-hybridized carbons (Fsp3) is 0.500. The largest absolute Gasteiger partial charge is 0.339 e.